The molecule has 4 heteroatoms. The summed E-state index contributed by atoms with van der Waals surface area (Å²) in [5, 5.41) is 3.55. The largest absolute Gasteiger partial charge is 0.353 e. The Labute approximate surface area is 137 Å². The summed E-state index contributed by atoms with van der Waals surface area (Å²) in [4.78, 5) is 7.22. The van der Waals surface area contributed by atoms with Crippen LogP contribution in [0, 0.1) is 11.8 Å². The maximum atomic E-state index is 4.72. The Bertz CT molecular complexity index is 461. The van der Waals surface area contributed by atoms with E-state index in [9.17, 15) is 0 Å². The van der Waals surface area contributed by atoms with E-state index in [4.69, 9.17) is 4.98 Å². The zero-order valence-corrected chi connectivity index (χ0v) is 15.3. The number of anilines is 1. The Morgan fingerprint density at radius 2 is 2.14 bits per heavy atom. The molecule has 1 aliphatic heterocycles. The van der Waals surface area contributed by atoms with E-state index in [1.165, 1.54) is 18.4 Å². The SMILES string of the molecule is CC(C)CNCc1cc(Br)cnc1N1CC(C)CCC1C. The van der Waals surface area contributed by atoms with E-state index in [2.05, 4.69) is 59.9 Å². The molecule has 2 rings (SSSR count). The highest BCUT2D eigenvalue weighted by Gasteiger charge is 2.25. The molecule has 0 aliphatic carbocycles. The predicted molar refractivity (Wildman–Crippen MR) is 93.7 cm³/mol. The highest BCUT2D eigenvalue weighted by molar-refractivity contribution is 9.10. The van der Waals surface area contributed by atoms with Gasteiger partial charge in [0.1, 0.15) is 5.82 Å². The summed E-state index contributed by atoms with van der Waals surface area (Å²) in [6.07, 6.45) is 4.51. The minimum Gasteiger partial charge on any atom is -0.353 e. The molecule has 0 amide bonds. The molecule has 0 bridgehead atoms. The summed E-state index contributed by atoms with van der Waals surface area (Å²) in [5.74, 6) is 2.58. The number of pyridine rings is 1. The van der Waals surface area contributed by atoms with Gasteiger partial charge >= 0.3 is 0 Å². The van der Waals surface area contributed by atoms with Crippen LogP contribution < -0.4 is 10.2 Å². The van der Waals surface area contributed by atoms with Gasteiger partial charge < -0.3 is 10.2 Å². The number of halogens is 1. The third kappa shape index (κ3) is 4.68. The highest BCUT2D eigenvalue weighted by atomic mass is 79.9. The third-order valence-corrected chi connectivity index (χ3v) is 4.60. The number of piperidine rings is 1. The van der Waals surface area contributed by atoms with Crippen LogP contribution in [0.3, 0.4) is 0 Å². The lowest BCUT2D eigenvalue weighted by Crippen LogP contribution is -2.42. The van der Waals surface area contributed by atoms with Gasteiger partial charge in [-0.2, -0.15) is 0 Å². The molecule has 2 unspecified atom stereocenters. The predicted octanol–water partition coefficient (Wildman–Crippen LogP) is 4.21. The number of nitrogens with one attached hydrogen (secondary N) is 1. The first-order chi connectivity index (χ1) is 9.97. The summed E-state index contributed by atoms with van der Waals surface area (Å²) in [6.45, 7) is 12.2. The molecule has 1 saturated heterocycles. The van der Waals surface area contributed by atoms with Crippen LogP contribution in [0.5, 0.6) is 0 Å². The molecule has 1 N–H and O–H groups in total. The van der Waals surface area contributed by atoms with Crippen molar-refractivity contribution in [2.24, 2.45) is 11.8 Å². The fraction of sp³-hybridized carbons (Fsp3) is 0.706. The number of hydrogen-bond acceptors (Lipinski definition) is 3. The molecule has 0 aromatic carbocycles. The minimum absolute atomic E-state index is 0.582. The van der Waals surface area contributed by atoms with Crippen molar-refractivity contribution in [1.82, 2.24) is 10.3 Å². The third-order valence-electron chi connectivity index (χ3n) is 4.17. The molecule has 21 heavy (non-hydrogen) atoms. The molecule has 3 nitrogen and oxygen atoms in total. The van der Waals surface area contributed by atoms with Crippen molar-refractivity contribution < 1.29 is 0 Å². The molecule has 0 spiro atoms. The average molecular weight is 354 g/mol. The van der Waals surface area contributed by atoms with Gasteiger partial charge in [-0.25, -0.2) is 4.98 Å². The first kappa shape index (κ1) is 16.8. The Kier molecular flexibility index (Phi) is 6.06. The summed E-state index contributed by atoms with van der Waals surface area (Å²) < 4.78 is 1.06. The Hall–Kier alpha value is -0.610. The van der Waals surface area contributed by atoms with Crippen LogP contribution in [0.4, 0.5) is 5.82 Å². The lowest BCUT2D eigenvalue weighted by molar-refractivity contribution is 0.387. The van der Waals surface area contributed by atoms with E-state index in [1.807, 2.05) is 6.20 Å². The Morgan fingerprint density at radius 1 is 1.38 bits per heavy atom. The average Bonchev–Trinajstić information content (AvgIpc) is 2.42. The molecule has 1 aliphatic rings. The summed E-state index contributed by atoms with van der Waals surface area (Å²) in [6, 6.07) is 2.79. The lowest BCUT2D eigenvalue weighted by Gasteiger charge is -2.38. The van der Waals surface area contributed by atoms with Gasteiger partial charge in [-0.3, -0.25) is 0 Å². The second kappa shape index (κ2) is 7.59. The summed E-state index contributed by atoms with van der Waals surface area (Å²) >= 11 is 3.56. The monoisotopic (exact) mass is 353 g/mol. The van der Waals surface area contributed by atoms with Crippen LogP contribution in [0.25, 0.3) is 0 Å². The van der Waals surface area contributed by atoms with Gasteiger partial charge in [-0.1, -0.05) is 20.8 Å². The van der Waals surface area contributed by atoms with E-state index in [-0.39, 0.29) is 0 Å². The second-order valence-electron chi connectivity index (χ2n) is 6.84. The molecule has 118 valence electrons. The fourth-order valence-corrected chi connectivity index (χ4v) is 3.32. The van der Waals surface area contributed by atoms with Gasteiger partial charge in [0.05, 0.1) is 0 Å². The first-order valence-electron chi connectivity index (χ1n) is 8.09. The van der Waals surface area contributed by atoms with Crippen molar-refractivity contribution in [2.45, 2.75) is 53.1 Å². The van der Waals surface area contributed by atoms with Crippen LogP contribution in [-0.4, -0.2) is 24.1 Å². The zero-order chi connectivity index (χ0) is 15.4. The van der Waals surface area contributed by atoms with Crippen LogP contribution in [0.2, 0.25) is 0 Å². The van der Waals surface area contributed by atoms with Gasteiger partial charge in [0.2, 0.25) is 0 Å². The van der Waals surface area contributed by atoms with E-state index < -0.39 is 0 Å². The van der Waals surface area contributed by atoms with Crippen LogP contribution in [-0.2, 0) is 6.54 Å². The van der Waals surface area contributed by atoms with E-state index >= 15 is 0 Å². The smallest absolute Gasteiger partial charge is 0.133 e. The summed E-state index contributed by atoms with van der Waals surface area (Å²) in [7, 11) is 0. The van der Waals surface area contributed by atoms with Gasteiger partial charge in [0, 0.05) is 35.4 Å². The molecule has 2 atom stereocenters. The van der Waals surface area contributed by atoms with Crippen molar-refractivity contribution in [2.75, 3.05) is 18.0 Å². The zero-order valence-electron chi connectivity index (χ0n) is 13.7. The van der Waals surface area contributed by atoms with Gasteiger partial charge in [0.25, 0.3) is 0 Å². The standard InChI is InChI=1S/C17H28BrN3/c1-12(2)8-19-9-15-7-16(18)10-20-17(15)21-11-13(3)5-6-14(21)4/h7,10,12-14,19H,5-6,8-9,11H2,1-4H3. The van der Waals surface area contributed by atoms with Crippen LogP contribution >= 0.6 is 15.9 Å². The number of nitrogens with zero attached hydrogens (tertiary/aromatic N) is 2. The first-order valence-corrected chi connectivity index (χ1v) is 8.88. The fourth-order valence-electron chi connectivity index (χ4n) is 2.94. The molecule has 0 saturated carbocycles. The molecule has 1 aromatic heterocycles. The van der Waals surface area contributed by atoms with Crippen molar-refractivity contribution in [3.8, 4) is 0 Å². The number of rotatable bonds is 5. The quantitative estimate of drug-likeness (QED) is 0.858. The maximum Gasteiger partial charge on any atom is 0.133 e. The van der Waals surface area contributed by atoms with Crippen molar-refractivity contribution in [3.63, 3.8) is 0 Å². The normalized spacial score (nSPS) is 22.9. The molecule has 2 heterocycles. The molecular formula is C17H28BrN3. The van der Waals surface area contributed by atoms with Gasteiger partial charge in [0.15, 0.2) is 0 Å². The molecular weight excluding hydrogens is 326 g/mol. The highest BCUT2D eigenvalue weighted by Crippen LogP contribution is 2.29. The number of hydrogen-bond donors (Lipinski definition) is 1. The van der Waals surface area contributed by atoms with E-state index in [0.29, 0.717) is 12.0 Å². The van der Waals surface area contributed by atoms with Gasteiger partial charge in [-0.15, -0.1) is 0 Å². The van der Waals surface area contributed by atoms with Crippen molar-refractivity contribution >= 4 is 21.7 Å². The Morgan fingerprint density at radius 3 is 2.86 bits per heavy atom. The minimum atomic E-state index is 0.582. The van der Waals surface area contributed by atoms with Crippen LogP contribution in [0.1, 0.15) is 46.1 Å². The van der Waals surface area contributed by atoms with Gasteiger partial charge in [-0.05, 0) is 60.1 Å². The van der Waals surface area contributed by atoms with Crippen molar-refractivity contribution in [3.05, 3.63) is 22.3 Å². The molecule has 1 aromatic rings. The molecule has 1 fully saturated rings. The molecule has 0 radical (unpaired) electrons. The van der Waals surface area contributed by atoms with Crippen LogP contribution in [0.15, 0.2) is 16.7 Å². The van der Waals surface area contributed by atoms with E-state index in [1.54, 1.807) is 0 Å². The lowest BCUT2D eigenvalue weighted by atomic mass is 9.94. The Balaban J connectivity index is 2.17. The topological polar surface area (TPSA) is 28.2 Å². The van der Waals surface area contributed by atoms with E-state index in [0.717, 1.165) is 35.8 Å². The number of aromatic nitrogens is 1. The summed E-state index contributed by atoms with van der Waals surface area (Å²) in [5.41, 5.74) is 1.30. The maximum absolute atomic E-state index is 4.72. The second-order valence-corrected chi connectivity index (χ2v) is 7.76. The van der Waals surface area contributed by atoms with Crippen molar-refractivity contribution in [1.29, 1.82) is 0 Å².